The zero-order valence-corrected chi connectivity index (χ0v) is 7.01. The van der Waals surface area contributed by atoms with Crippen LogP contribution in [0, 0.1) is 0 Å². The first-order chi connectivity index (χ1) is 6.09. The molecular weight excluding hydrogens is 196 g/mol. The molecule has 0 saturated heterocycles. The zero-order valence-electron chi connectivity index (χ0n) is 6.19. The van der Waals surface area contributed by atoms with Gasteiger partial charge in [-0.2, -0.15) is 4.52 Å². The zero-order chi connectivity index (χ0) is 9.47. The van der Waals surface area contributed by atoms with Gasteiger partial charge in [0.2, 0.25) is 0 Å². The SMILES string of the molecule is NS(=O)(=O)c1cncc2nnnn12. The van der Waals surface area contributed by atoms with Crippen LogP contribution in [0.1, 0.15) is 0 Å². The molecule has 68 valence electrons. The van der Waals surface area contributed by atoms with E-state index in [0.717, 1.165) is 10.7 Å². The predicted molar refractivity (Wildman–Crippen MR) is 40.0 cm³/mol. The van der Waals surface area contributed by atoms with Crippen LogP contribution in [0.4, 0.5) is 0 Å². The van der Waals surface area contributed by atoms with Crippen LogP contribution in [0.15, 0.2) is 17.4 Å². The van der Waals surface area contributed by atoms with Gasteiger partial charge >= 0.3 is 0 Å². The number of hydrogen-bond acceptors (Lipinski definition) is 6. The van der Waals surface area contributed by atoms with Crippen molar-refractivity contribution >= 4 is 15.7 Å². The first-order valence-corrected chi connectivity index (χ1v) is 4.68. The number of aromatic nitrogens is 5. The summed E-state index contributed by atoms with van der Waals surface area (Å²) < 4.78 is 22.9. The van der Waals surface area contributed by atoms with Gasteiger partial charge in [0.15, 0.2) is 10.7 Å². The van der Waals surface area contributed by atoms with Crippen molar-refractivity contribution in [2.24, 2.45) is 5.14 Å². The van der Waals surface area contributed by atoms with E-state index in [1.165, 1.54) is 6.20 Å². The number of sulfonamides is 1. The molecule has 2 aromatic heterocycles. The summed E-state index contributed by atoms with van der Waals surface area (Å²) >= 11 is 0. The first-order valence-electron chi connectivity index (χ1n) is 3.14. The highest BCUT2D eigenvalue weighted by atomic mass is 32.2. The van der Waals surface area contributed by atoms with Crippen molar-refractivity contribution in [2.45, 2.75) is 5.03 Å². The Morgan fingerprint density at radius 2 is 2.15 bits per heavy atom. The first kappa shape index (κ1) is 8.01. The van der Waals surface area contributed by atoms with Gasteiger partial charge in [0, 0.05) is 0 Å². The predicted octanol–water partition coefficient (Wildman–Crippen LogP) is -1.83. The molecule has 13 heavy (non-hydrogen) atoms. The molecule has 8 nitrogen and oxygen atoms in total. The molecule has 2 N–H and O–H groups in total. The molecule has 0 aliphatic heterocycles. The van der Waals surface area contributed by atoms with Crippen molar-refractivity contribution < 1.29 is 8.42 Å². The number of nitrogens with zero attached hydrogens (tertiary/aromatic N) is 5. The molecule has 2 aromatic rings. The number of rotatable bonds is 1. The van der Waals surface area contributed by atoms with E-state index in [1.807, 2.05) is 0 Å². The van der Waals surface area contributed by atoms with E-state index >= 15 is 0 Å². The summed E-state index contributed by atoms with van der Waals surface area (Å²) in [6.07, 6.45) is 2.41. The average molecular weight is 200 g/mol. The standard InChI is InChI=1S/C4H4N6O2S/c5-13(11,12)4-2-6-1-3-7-8-9-10(3)4/h1-2H,(H2,5,11,12). The van der Waals surface area contributed by atoms with E-state index in [9.17, 15) is 8.42 Å². The van der Waals surface area contributed by atoms with Crippen LogP contribution in [0.5, 0.6) is 0 Å². The fourth-order valence-corrected chi connectivity index (χ4v) is 1.43. The lowest BCUT2D eigenvalue weighted by Gasteiger charge is -1.97. The summed E-state index contributed by atoms with van der Waals surface area (Å²) in [6, 6.07) is 0. The summed E-state index contributed by atoms with van der Waals surface area (Å²) in [5, 5.41) is 14.9. The largest absolute Gasteiger partial charge is 0.258 e. The van der Waals surface area contributed by atoms with Gasteiger partial charge in [-0.3, -0.25) is 4.98 Å². The Morgan fingerprint density at radius 1 is 1.38 bits per heavy atom. The quantitative estimate of drug-likeness (QED) is 0.578. The maximum absolute atomic E-state index is 11.0. The molecular formula is C4H4N6O2S. The maximum atomic E-state index is 11.0. The van der Waals surface area contributed by atoms with Gasteiger partial charge < -0.3 is 0 Å². The maximum Gasteiger partial charge on any atom is 0.257 e. The van der Waals surface area contributed by atoms with E-state index in [2.05, 4.69) is 20.5 Å². The molecule has 0 aliphatic rings. The second kappa shape index (κ2) is 2.44. The molecule has 0 radical (unpaired) electrons. The Labute approximate surface area is 72.4 Å². The number of tetrazole rings is 1. The highest BCUT2D eigenvalue weighted by Crippen LogP contribution is 2.04. The minimum absolute atomic E-state index is 0.228. The van der Waals surface area contributed by atoms with Crippen molar-refractivity contribution in [1.29, 1.82) is 0 Å². The normalized spacial score (nSPS) is 12.1. The molecule has 0 amide bonds. The Bertz CT molecular complexity index is 545. The Balaban J connectivity index is 2.91. The molecule has 0 aliphatic carbocycles. The van der Waals surface area contributed by atoms with Crippen LogP contribution in [0.3, 0.4) is 0 Å². The lowest BCUT2D eigenvalue weighted by Crippen LogP contribution is -2.17. The van der Waals surface area contributed by atoms with Crippen LogP contribution in [-0.2, 0) is 10.0 Å². The lowest BCUT2D eigenvalue weighted by molar-refractivity contribution is 0.586. The fourth-order valence-electron chi connectivity index (χ4n) is 0.848. The molecule has 0 bridgehead atoms. The van der Waals surface area contributed by atoms with Crippen molar-refractivity contribution in [3.05, 3.63) is 12.4 Å². The van der Waals surface area contributed by atoms with E-state index < -0.39 is 10.0 Å². The van der Waals surface area contributed by atoms with Crippen molar-refractivity contribution in [3.63, 3.8) is 0 Å². The van der Waals surface area contributed by atoms with E-state index in [0.29, 0.717) is 0 Å². The van der Waals surface area contributed by atoms with Gasteiger partial charge in [-0.1, -0.05) is 0 Å². The van der Waals surface area contributed by atoms with Gasteiger partial charge in [-0.25, -0.2) is 13.6 Å². The molecule has 2 rings (SSSR count). The van der Waals surface area contributed by atoms with Crippen molar-refractivity contribution in [3.8, 4) is 0 Å². The van der Waals surface area contributed by atoms with Crippen LogP contribution in [-0.4, -0.2) is 33.4 Å². The molecule has 0 atom stereocenters. The third-order valence-electron chi connectivity index (χ3n) is 1.37. The van der Waals surface area contributed by atoms with Gasteiger partial charge in [0.05, 0.1) is 12.4 Å². The second-order valence-corrected chi connectivity index (χ2v) is 3.75. The molecule has 9 heteroatoms. The van der Waals surface area contributed by atoms with Crippen LogP contribution < -0.4 is 5.14 Å². The average Bonchev–Trinajstić information content (AvgIpc) is 2.48. The minimum atomic E-state index is -3.84. The second-order valence-electron chi connectivity index (χ2n) is 2.24. The van der Waals surface area contributed by atoms with E-state index in [1.54, 1.807) is 0 Å². The molecule has 0 aromatic carbocycles. The van der Waals surface area contributed by atoms with Crippen molar-refractivity contribution in [1.82, 2.24) is 25.0 Å². The van der Waals surface area contributed by atoms with E-state index in [-0.39, 0.29) is 10.7 Å². The Kier molecular flexibility index (Phi) is 1.50. The Morgan fingerprint density at radius 3 is 2.85 bits per heavy atom. The number of nitrogens with two attached hydrogens (primary N) is 1. The smallest absolute Gasteiger partial charge is 0.257 e. The molecule has 2 heterocycles. The summed E-state index contributed by atoms with van der Waals surface area (Å²) in [5.41, 5.74) is 0.228. The number of hydrogen-bond donors (Lipinski definition) is 1. The van der Waals surface area contributed by atoms with E-state index in [4.69, 9.17) is 5.14 Å². The highest BCUT2D eigenvalue weighted by Gasteiger charge is 2.14. The summed E-state index contributed by atoms with van der Waals surface area (Å²) in [7, 11) is -3.84. The van der Waals surface area contributed by atoms with Gasteiger partial charge in [-0.05, 0) is 10.4 Å². The van der Waals surface area contributed by atoms with Crippen LogP contribution in [0.25, 0.3) is 5.65 Å². The molecule has 0 fully saturated rings. The topological polar surface area (TPSA) is 116 Å². The van der Waals surface area contributed by atoms with Crippen LogP contribution >= 0.6 is 0 Å². The number of fused-ring (bicyclic) bond motifs is 1. The summed E-state index contributed by atoms with van der Waals surface area (Å²) in [5.74, 6) is 0. The third-order valence-corrected chi connectivity index (χ3v) is 2.23. The van der Waals surface area contributed by atoms with Crippen LogP contribution in [0.2, 0.25) is 0 Å². The summed E-state index contributed by atoms with van der Waals surface area (Å²) in [6.45, 7) is 0. The summed E-state index contributed by atoms with van der Waals surface area (Å²) in [4.78, 5) is 3.63. The third kappa shape index (κ3) is 1.23. The molecule has 0 spiro atoms. The highest BCUT2D eigenvalue weighted by molar-refractivity contribution is 7.89. The lowest BCUT2D eigenvalue weighted by atomic mass is 10.7. The monoisotopic (exact) mass is 200 g/mol. The Hall–Kier alpha value is -1.61. The number of primary sulfonamides is 1. The molecule has 0 saturated carbocycles. The van der Waals surface area contributed by atoms with Gasteiger partial charge in [0.1, 0.15) is 0 Å². The van der Waals surface area contributed by atoms with Gasteiger partial charge in [-0.15, -0.1) is 5.10 Å². The van der Waals surface area contributed by atoms with Crippen molar-refractivity contribution in [2.75, 3.05) is 0 Å². The minimum Gasteiger partial charge on any atom is -0.258 e. The fraction of sp³-hybridized carbons (Fsp3) is 0. The van der Waals surface area contributed by atoms with Gasteiger partial charge in [0.25, 0.3) is 10.0 Å². The molecule has 0 unspecified atom stereocenters.